The van der Waals surface area contributed by atoms with Crippen molar-refractivity contribution in [2.24, 2.45) is 4.99 Å². The molecular formula is C21H20N2O2S. The third kappa shape index (κ3) is 4.24. The third-order valence-electron chi connectivity index (χ3n) is 3.99. The lowest BCUT2D eigenvalue weighted by atomic mass is 10.1. The number of aromatic hydroxyl groups is 1. The summed E-state index contributed by atoms with van der Waals surface area (Å²) in [7, 11) is 0. The van der Waals surface area contributed by atoms with Crippen molar-refractivity contribution in [2.75, 3.05) is 0 Å². The Kier molecular flexibility index (Phi) is 5.58. The number of phenolic OH excluding ortho intramolecular Hbond substituents is 1. The van der Waals surface area contributed by atoms with Crippen LogP contribution in [0, 0.1) is 0 Å². The first-order valence-corrected chi connectivity index (χ1v) is 9.22. The predicted octanol–water partition coefficient (Wildman–Crippen LogP) is 4.57. The number of rotatable bonds is 5. The maximum Gasteiger partial charge on any atom is 0.264 e. The first-order valence-electron chi connectivity index (χ1n) is 8.40. The van der Waals surface area contributed by atoms with Gasteiger partial charge in [0.1, 0.15) is 5.75 Å². The Labute approximate surface area is 157 Å². The minimum Gasteiger partial charge on any atom is -0.508 e. The molecule has 3 rings (SSSR count). The highest BCUT2D eigenvalue weighted by Crippen LogP contribution is 2.29. The van der Waals surface area contributed by atoms with Crippen LogP contribution in [0.5, 0.6) is 5.75 Å². The van der Waals surface area contributed by atoms with E-state index < -0.39 is 0 Å². The maximum absolute atomic E-state index is 12.2. The van der Waals surface area contributed by atoms with E-state index in [1.54, 1.807) is 24.3 Å². The van der Waals surface area contributed by atoms with Crippen molar-refractivity contribution in [3.05, 3.63) is 76.7 Å². The number of aliphatic imine (C=N–C) groups is 1. The van der Waals surface area contributed by atoms with Crippen LogP contribution in [0.3, 0.4) is 0 Å². The fourth-order valence-corrected chi connectivity index (χ4v) is 3.41. The van der Waals surface area contributed by atoms with Gasteiger partial charge in [-0.3, -0.25) is 4.79 Å². The van der Waals surface area contributed by atoms with Crippen LogP contribution in [0.4, 0.5) is 5.69 Å². The molecule has 4 nitrogen and oxygen atoms in total. The Morgan fingerprint density at radius 3 is 2.69 bits per heavy atom. The molecule has 2 aromatic rings. The summed E-state index contributed by atoms with van der Waals surface area (Å²) in [6.07, 6.45) is 5.09. The van der Waals surface area contributed by atoms with Crippen molar-refractivity contribution in [2.45, 2.75) is 19.8 Å². The monoisotopic (exact) mass is 364 g/mol. The number of thioether (sulfide) groups is 1. The predicted molar refractivity (Wildman–Crippen MR) is 109 cm³/mol. The van der Waals surface area contributed by atoms with E-state index in [0.717, 1.165) is 23.2 Å². The lowest BCUT2D eigenvalue weighted by Crippen LogP contribution is -2.19. The summed E-state index contributed by atoms with van der Waals surface area (Å²) in [6, 6.07) is 13.2. The number of nitrogens with zero attached hydrogens (tertiary/aromatic N) is 1. The molecular weight excluding hydrogens is 344 g/mol. The van der Waals surface area contributed by atoms with E-state index in [1.807, 2.05) is 30.3 Å². The molecule has 0 unspecified atom stereocenters. The second-order valence-corrected chi connectivity index (χ2v) is 6.91. The summed E-state index contributed by atoms with van der Waals surface area (Å²) >= 11 is 1.31. The van der Waals surface area contributed by atoms with Gasteiger partial charge in [0.2, 0.25) is 0 Å². The van der Waals surface area contributed by atoms with Crippen LogP contribution < -0.4 is 5.32 Å². The molecule has 0 aromatic heterocycles. The van der Waals surface area contributed by atoms with Crippen LogP contribution >= 0.6 is 11.8 Å². The van der Waals surface area contributed by atoms with Crippen LogP contribution in [0.25, 0.3) is 6.08 Å². The minimum atomic E-state index is -0.169. The lowest BCUT2D eigenvalue weighted by Gasteiger charge is -2.03. The number of allylic oxidation sites excluding steroid dienone is 1. The van der Waals surface area contributed by atoms with Gasteiger partial charge in [-0.2, -0.15) is 0 Å². The highest BCUT2D eigenvalue weighted by Gasteiger charge is 2.23. The molecule has 132 valence electrons. The van der Waals surface area contributed by atoms with Crippen LogP contribution in [-0.4, -0.2) is 16.2 Å². The van der Waals surface area contributed by atoms with Crippen molar-refractivity contribution >= 4 is 34.6 Å². The van der Waals surface area contributed by atoms with Gasteiger partial charge in [-0.1, -0.05) is 31.2 Å². The Morgan fingerprint density at radius 2 is 2.00 bits per heavy atom. The topological polar surface area (TPSA) is 61.7 Å². The van der Waals surface area contributed by atoms with E-state index in [4.69, 9.17) is 0 Å². The second-order valence-electron chi connectivity index (χ2n) is 5.88. The van der Waals surface area contributed by atoms with E-state index in [-0.39, 0.29) is 11.7 Å². The zero-order chi connectivity index (χ0) is 18.5. The molecule has 0 spiro atoms. The summed E-state index contributed by atoms with van der Waals surface area (Å²) in [5.41, 5.74) is 3.69. The SMILES string of the molecule is C=CCc1cc(/C=C2\SC(=Nc3ccc(CC)cc3)NC2=O)ccc1O. The van der Waals surface area contributed by atoms with E-state index in [1.165, 1.54) is 17.3 Å². The molecule has 1 heterocycles. The number of amides is 1. The number of carbonyl (C=O) groups is 1. The molecule has 0 radical (unpaired) electrons. The molecule has 1 aliphatic rings. The van der Waals surface area contributed by atoms with Gasteiger partial charge in [0.05, 0.1) is 10.6 Å². The van der Waals surface area contributed by atoms with Crippen molar-refractivity contribution in [1.29, 1.82) is 0 Å². The number of hydrogen-bond acceptors (Lipinski definition) is 4. The normalized spacial score (nSPS) is 16.9. The molecule has 1 fully saturated rings. The van der Waals surface area contributed by atoms with Gasteiger partial charge in [-0.05, 0) is 71.6 Å². The van der Waals surface area contributed by atoms with Gasteiger partial charge in [-0.25, -0.2) is 4.99 Å². The molecule has 0 saturated carbocycles. The number of carbonyl (C=O) groups excluding carboxylic acids is 1. The smallest absolute Gasteiger partial charge is 0.264 e. The lowest BCUT2D eigenvalue weighted by molar-refractivity contribution is -0.115. The molecule has 5 heteroatoms. The molecule has 26 heavy (non-hydrogen) atoms. The summed E-state index contributed by atoms with van der Waals surface area (Å²) in [6.45, 7) is 5.80. The molecule has 2 N–H and O–H groups in total. The number of nitrogens with one attached hydrogen (secondary N) is 1. The number of phenols is 1. The van der Waals surface area contributed by atoms with Crippen molar-refractivity contribution in [3.63, 3.8) is 0 Å². The Balaban J connectivity index is 1.80. The molecule has 0 aliphatic carbocycles. The molecule has 1 aliphatic heterocycles. The number of benzene rings is 2. The number of hydrogen-bond donors (Lipinski definition) is 2. The Bertz CT molecular complexity index is 899. The Hall–Kier alpha value is -2.79. The van der Waals surface area contributed by atoms with Crippen molar-refractivity contribution < 1.29 is 9.90 Å². The highest BCUT2D eigenvalue weighted by atomic mass is 32.2. The highest BCUT2D eigenvalue weighted by molar-refractivity contribution is 8.18. The minimum absolute atomic E-state index is 0.169. The molecule has 0 bridgehead atoms. The van der Waals surface area contributed by atoms with Gasteiger partial charge in [0.25, 0.3) is 5.91 Å². The quantitative estimate of drug-likeness (QED) is 0.603. The zero-order valence-corrected chi connectivity index (χ0v) is 15.3. The first kappa shape index (κ1) is 18.0. The Morgan fingerprint density at radius 1 is 1.23 bits per heavy atom. The van der Waals surface area contributed by atoms with Crippen molar-refractivity contribution in [3.8, 4) is 5.75 Å². The molecule has 2 aromatic carbocycles. The van der Waals surface area contributed by atoms with Crippen LogP contribution in [0.15, 0.2) is 65.0 Å². The van der Waals surface area contributed by atoms with E-state index in [0.29, 0.717) is 16.5 Å². The van der Waals surface area contributed by atoms with Gasteiger partial charge in [0, 0.05) is 0 Å². The first-order chi connectivity index (χ1) is 12.6. The van der Waals surface area contributed by atoms with E-state index >= 15 is 0 Å². The fourth-order valence-electron chi connectivity index (χ4n) is 2.57. The largest absolute Gasteiger partial charge is 0.508 e. The summed E-state index contributed by atoms with van der Waals surface area (Å²) in [5, 5.41) is 13.2. The summed E-state index contributed by atoms with van der Waals surface area (Å²) in [5.74, 6) is 0.0608. The van der Waals surface area contributed by atoms with Crippen molar-refractivity contribution in [1.82, 2.24) is 5.32 Å². The molecule has 0 atom stereocenters. The van der Waals surface area contributed by atoms with Gasteiger partial charge in [-0.15, -0.1) is 6.58 Å². The second kappa shape index (κ2) is 8.06. The summed E-state index contributed by atoms with van der Waals surface area (Å²) in [4.78, 5) is 17.3. The summed E-state index contributed by atoms with van der Waals surface area (Å²) < 4.78 is 0. The third-order valence-corrected chi connectivity index (χ3v) is 4.90. The van der Waals surface area contributed by atoms with Gasteiger partial charge < -0.3 is 10.4 Å². The van der Waals surface area contributed by atoms with Crippen LogP contribution in [0.2, 0.25) is 0 Å². The number of amidine groups is 1. The zero-order valence-electron chi connectivity index (χ0n) is 14.5. The van der Waals surface area contributed by atoms with E-state index in [9.17, 15) is 9.90 Å². The van der Waals surface area contributed by atoms with Gasteiger partial charge in [0.15, 0.2) is 5.17 Å². The van der Waals surface area contributed by atoms with E-state index in [2.05, 4.69) is 23.8 Å². The standard InChI is InChI=1S/C21H20N2O2S/c1-3-5-16-12-15(8-11-18(16)24)13-19-20(25)23-21(26-19)22-17-9-6-14(4-2)7-10-17/h3,6-13,24H,1,4-5H2,2H3,(H,22,23,25)/b19-13-. The molecule has 1 amide bonds. The van der Waals surface area contributed by atoms with Crippen LogP contribution in [-0.2, 0) is 17.6 Å². The average Bonchev–Trinajstić information content (AvgIpc) is 2.98. The number of aryl methyl sites for hydroxylation is 1. The van der Waals surface area contributed by atoms with Gasteiger partial charge >= 0.3 is 0 Å². The van der Waals surface area contributed by atoms with Crippen LogP contribution in [0.1, 0.15) is 23.6 Å². The fraction of sp³-hybridized carbons (Fsp3) is 0.143. The average molecular weight is 364 g/mol. The molecule has 1 saturated heterocycles. The maximum atomic E-state index is 12.2.